The topological polar surface area (TPSA) is 121 Å². The Balaban J connectivity index is 2.03. The molecule has 1 heterocycles. The van der Waals surface area contributed by atoms with Gasteiger partial charge in [-0.3, -0.25) is 4.79 Å². The Kier molecular flexibility index (Phi) is 6.11. The summed E-state index contributed by atoms with van der Waals surface area (Å²) < 4.78 is 9.61. The number of methoxy groups -OCH3 is 1. The molecule has 0 saturated heterocycles. The Hall–Kier alpha value is -3.16. The van der Waals surface area contributed by atoms with Gasteiger partial charge in [-0.25, -0.2) is 14.6 Å². The number of pyridine rings is 1. The van der Waals surface area contributed by atoms with Gasteiger partial charge in [0.1, 0.15) is 6.04 Å². The first-order valence-electron chi connectivity index (χ1n) is 8.02. The Morgan fingerprint density at radius 2 is 1.92 bits per heavy atom. The van der Waals surface area contributed by atoms with Crippen LogP contribution < -0.4 is 11.1 Å². The molecule has 0 radical (unpaired) electrons. The van der Waals surface area contributed by atoms with Gasteiger partial charge in [0.05, 0.1) is 12.8 Å². The predicted molar refractivity (Wildman–Crippen MR) is 95.2 cm³/mol. The highest BCUT2D eigenvalue weighted by atomic mass is 16.5. The number of carbonyl (C=O) groups is 3. The van der Waals surface area contributed by atoms with Gasteiger partial charge in [0.25, 0.3) is 5.91 Å². The minimum atomic E-state index is -0.824. The molecule has 0 aliphatic carbocycles. The number of carbonyl (C=O) groups excluding carboxylic acids is 3. The second-order valence-corrected chi connectivity index (χ2v) is 6.00. The van der Waals surface area contributed by atoms with Crippen molar-refractivity contribution in [2.45, 2.75) is 19.9 Å². The average Bonchev–Trinajstić information content (AvgIpc) is 2.63. The van der Waals surface area contributed by atoms with Crippen LogP contribution in [0, 0.1) is 5.92 Å². The largest absolute Gasteiger partial charge is 0.467 e. The molecule has 2 rings (SSSR count). The van der Waals surface area contributed by atoms with Crippen molar-refractivity contribution in [1.29, 1.82) is 0 Å². The van der Waals surface area contributed by atoms with Crippen molar-refractivity contribution in [3.05, 3.63) is 36.2 Å². The lowest BCUT2D eigenvalue weighted by atomic mass is 10.0. The maximum absolute atomic E-state index is 12.2. The van der Waals surface area contributed by atoms with Crippen molar-refractivity contribution in [3.8, 4) is 0 Å². The molecular weight excluding hydrogens is 338 g/mol. The highest BCUT2D eigenvalue weighted by molar-refractivity contribution is 6.03. The fraction of sp³-hybridized carbons (Fsp3) is 0.333. The number of fused-ring (bicyclic) bond motifs is 1. The molecule has 0 unspecified atom stereocenters. The number of nitrogens with zero attached hydrogens (tertiary/aromatic N) is 1. The van der Waals surface area contributed by atoms with E-state index in [-0.39, 0.29) is 17.3 Å². The van der Waals surface area contributed by atoms with Gasteiger partial charge in [0, 0.05) is 17.0 Å². The van der Waals surface area contributed by atoms with Crippen molar-refractivity contribution in [1.82, 2.24) is 10.3 Å². The third-order valence-electron chi connectivity index (χ3n) is 3.80. The molecule has 1 atom stereocenters. The van der Waals surface area contributed by atoms with E-state index in [0.717, 1.165) is 5.39 Å². The van der Waals surface area contributed by atoms with Crippen LogP contribution in [-0.2, 0) is 19.1 Å². The van der Waals surface area contributed by atoms with Gasteiger partial charge in [-0.15, -0.1) is 0 Å². The van der Waals surface area contributed by atoms with E-state index in [1.165, 1.54) is 13.3 Å². The summed E-state index contributed by atoms with van der Waals surface area (Å²) in [5, 5.41) is 3.94. The smallest absolute Gasteiger partial charge is 0.359 e. The lowest BCUT2D eigenvalue weighted by Crippen LogP contribution is -2.46. The maximum Gasteiger partial charge on any atom is 0.359 e. The minimum Gasteiger partial charge on any atom is -0.467 e. The molecule has 0 spiro atoms. The summed E-state index contributed by atoms with van der Waals surface area (Å²) in [6.07, 6.45) is 1.51. The van der Waals surface area contributed by atoms with E-state index in [0.29, 0.717) is 5.39 Å². The Labute approximate surface area is 150 Å². The first-order valence-corrected chi connectivity index (χ1v) is 8.02. The van der Waals surface area contributed by atoms with Crippen molar-refractivity contribution in [2.24, 2.45) is 5.92 Å². The predicted octanol–water partition coefficient (Wildman–Crippen LogP) is 1.29. The number of esters is 2. The van der Waals surface area contributed by atoms with Crippen LogP contribution in [0.4, 0.5) is 5.69 Å². The summed E-state index contributed by atoms with van der Waals surface area (Å²) >= 11 is 0. The van der Waals surface area contributed by atoms with Crippen molar-refractivity contribution in [3.63, 3.8) is 0 Å². The number of aromatic nitrogens is 1. The Morgan fingerprint density at radius 3 is 2.58 bits per heavy atom. The zero-order valence-corrected chi connectivity index (χ0v) is 14.8. The van der Waals surface area contributed by atoms with Crippen LogP contribution >= 0.6 is 0 Å². The summed E-state index contributed by atoms with van der Waals surface area (Å²) in [5.41, 5.74) is 6.10. The van der Waals surface area contributed by atoms with E-state index >= 15 is 0 Å². The Bertz CT molecular complexity index is 835. The highest BCUT2D eigenvalue weighted by Gasteiger charge is 2.25. The third kappa shape index (κ3) is 4.27. The zero-order valence-electron chi connectivity index (χ0n) is 14.8. The van der Waals surface area contributed by atoms with Crippen LogP contribution in [0.5, 0.6) is 0 Å². The SMILES string of the molecule is COC(=O)[C@@H](NC(=O)COC(=O)c1ncc2ccccc2c1N)C(C)C. The molecular formula is C18H21N3O5. The van der Waals surface area contributed by atoms with E-state index < -0.39 is 30.5 Å². The van der Waals surface area contributed by atoms with E-state index in [9.17, 15) is 14.4 Å². The summed E-state index contributed by atoms with van der Waals surface area (Å²) in [5.74, 6) is -2.19. The van der Waals surface area contributed by atoms with Crippen LogP contribution in [-0.4, -0.2) is 42.6 Å². The van der Waals surface area contributed by atoms with E-state index in [2.05, 4.69) is 15.0 Å². The summed E-state index contributed by atoms with van der Waals surface area (Å²) in [4.78, 5) is 39.8. The molecule has 0 aliphatic rings. The molecule has 1 amide bonds. The fourth-order valence-corrected chi connectivity index (χ4v) is 2.39. The molecule has 2 aromatic rings. The maximum atomic E-state index is 12.2. The van der Waals surface area contributed by atoms with Gasteiger partial charge in [-0.2, -0.15) is 0 Å². The normalized spacial score (nSPS) is 11.8. The molecule has 3 N–H and O–H groups in total. The summed E-state index contributed by atoms with van der Waals surface area (Å²) in [7, 11) is 1.23. The first kappa shape index (κ1) is 19.2. The van der Waals surface area contributed by atoms with Gasteiger partial charge >= 0.3 is 11.9 Å². The first-order chi connectivity index (χ1) is 12.3. The molecule has 0 bridgehead atoms. The van der Waals surface area contributed by atoms with Gasteiger partial charge < -0.3 is 20.5 Å². The molecule has 8 heteroatoms. The minimum absolute atomic E-state index is 0.0649. The number of nitrogens with one attached hydrogen (secondary N) is 1. The van der Waals surface area contributed by atoms with Gasteiger partial charge in [0.15, 0.2) is 12.3 Å². The van der Waals surface area contributed by atoms with E-state index in [4.69, 9.17) is 10.5 Å². The molecule has 138 valence electrons. The molecule has 1 aromatic heterocycles. The highest BCUT2D eigenvalue weighted by Crippen LogP contribution is 2.23. The van der Waals surface area contributed by atoms with Crippen LogP contribution in [0.25, 0.3) is 10.8 Å². The number of nitrogen functional groups attached to an aromatic ring is 1. The lowest BCUT2D eigenvalue weighted by molar-refractivity contribution is -0.146. The molecule has 8 nitrogen and oxygen atoms in total. The molecule has 0 fully saturated rings. The van der Waals surface area contributed by atoms with E-state index in [1.807, 2.05) is 12.1 Å². The number of hydrogen-bond acceptors (Lipinski definition) is 7. The van der Waals surface area contributed by atoms with Gasteiger partial charge in [-0.05, 0) is 5.92 Å². The quantitative estimate of drug-likeness (QED) is 0.745. The van der Waals surface area contributed by atoms with Crippen molar-refractivity contribution < 1.29 is 23.9 Å². The molecule has 0 aliphatic heterocycles. The van der Waals surface area contributed by atoms with Crippen LogP contribution in [0.3, 0.4) is 0 Å². The fourth-order valence-electron chi connectivity index (χ4n) is 2.39. The van der Waals surface area contributed by atoms with Crippen molar-refractivity contribution >= 4 is 34.3 Å². The Morgan fingerprint density at radius 1 is 1.23 bits per heavy atom. The number of amides is 1. The number of benzene rings is 1. The number of anilines is 1. The molecule has 1 aromatic carbocycles. The van der Waals surface area contributed by atoms with Crippen LogP contribution in [0.1, 0.15) is 24.3 Å². The van der Waals surface area contributed by atoms with Crippen LogP contribution in [0.15, 0.2) is 30.5 Å². The molecule has 26 heavy (non-hydrogen) atoms. The average molecular weight is 359 g/mol. The van der Waals surface area contributed by atoms with Gasteiger partial charge in [0.2, 0.25) is 0 Å². The lowest BCUT2D eigenvalue weighted by Gasteiger charge is -2.19. The number of ether oxygens (including phenoxy) is 2. The summed E-state index contributed by atoms with van der Waals surface area (Å²) in [6, 6.07) is 6.38. The summed E-state index contributed by atoms with van der Waals surface area (Å²) in [6.45, 7) is 2.95. The number of nitrogens with two attached hydrogens (primary N) is 1. The second kappa shape index (κ2) is 8.28. The van der Waals surface area contributed by atoms with E-state index in [1.54, 1.807) is 26.0 Å². The third-order valence-corrected chi connectivity index (χ3v) is 3.80. The number of hydrogen-bond donors (Lipinski definition) is 2. The molecule has 0 saturated carbocycles. The van der Waals surface area contributed by atoms with Crippen molar-refractivity contribution in [2.75, 3.05) is 19.5 Å². The second-order valence-electron chi connectivity index (χ2n) is 6.00. The van der Waals surface area contributed by atoms with Gasteiger partial charge in [-0.1, -0.05) is 38.1 Å². The monoisotopic (exact) mass is 359 g/mol. The number of rotatable bonds is 6. The van der Waals surface area contributed by atoms with Crippen LogP contribution in [0.2, 0.25) is 0 Å². The zero-order chi connectivity index (χ0) is 19.3. The standard InChI is InChI=1S/C18H21N3O5/c1-10(2)15(17(23)25-3)21-13(22)9-26-18(24)16-14(19)12-7-5-4-6-11(12)8-20-16/h4-8,10,15H,9,19H2,1-3H3,(H,21,22)/t15-/m0/s1.